The largest absolute Gasteiger partial charge is 0.376 e. The van der Waals surface area contributed by atoms with Crippen molar-refractivity contribution in [2.45, 2.75) is 38.3 Å². The van der Waals surface area contributed by atoms with Crippen LogP contribution >= 0.6 is 0 Å². The Hall–Kier alpha value is -0.610. The molecule has 0 saturated carbocycles. The number of hydrogen-bond donors (Lipinski definition) is 1. The number of likely N-dealkylation sites (N-methyl/N-ethyl adjacent to an activating group) is 1. The molecular formula is C12H22N2O2. The Morgan fingerprint density at radius 3 is 2.81 bits per heavy atom. The molecule has 0 spiro atoms. The van der Waals surface area contributed by atoms with Gasteiger partial charge in [0.2, 0.25) is 5.91 Å². The van der Waals surface area contributed by atoms with Crippen molar-refractivity contribution in [2.75, 3.05) is 26.7 Å². The number of piperidine rings is 1. The van der Waals surface area contributed by atoms with Gasteiger partial charge in [0.25, 0.3) is 0 Å². The minimum atomic E-state index is 0.173. The van der Waals surface area contributed by atoms with Gasteiger partial charge in [-0.25, -0.2) is 0 Å². The molecule has 0 aromatic carbocycles. The maximum Gasteiger partial charge on any atom is 0.227 e. The van der Waals surface area contributed by atoms with Crippen molar-refractivity contribution in [2.24, 2.45) is 5.92 Å². The number of rotatable bonds is 2. The number of hydrogen-bond acceptors (Lipinski definition) is 3. The van der Waals surface area contributed by atoms with Crippen LogP contribution < -0.4 is 5.32 Å². The molecule has 2 saturated heterocycles. The molecule has 3 atom stereocenters. The Labute approximate surface area is 97.3 Å². The highest BCUT2D eigenvalue weighted by Crippen LogP contribution is 2.21. The van der Waals surface area contributed by atoms with Crippen LogP contribution in [0.5, 0.6) is 0 Å². The lowest BCUT2D eigenvalue weighted by Crippen LogP contribution is -2.47. The standard InChI is InChI=1S/C12H22N2O2/c1-9-11(5-7-16-9)14(2)12(15)10-4-3-6-13-8-10/h9-11,13H,3-8H2,1-2H3/t9?,10-,11?/m0/s1. The molecule has 0 bridgehead atoms. The highest BCUT2D eigenvalue weighted by atomic mass is 16.5. The lowest BCUT2D eigenvalue weighted by Gasteiger charge is -2.32. The summed E-state index contributed by atoms with van der Waals surface area (Å²) in [5, 5.41) is 3.29. The van der Waals surface area contributed by atoms with E-state index in [1.165, 1.54) is 0 Å². The minimum Gasteiger partial charge on any atom is -0.376 e. The molecule has 1 N–H and O–H groups in total. The number of carbonyl (C=O) groups excluding carboxylic acids is 1. The Morgan fingerprint density at radius 2 is 2.25 bits per heavy atom. The number of carbonyl (C=O) groups is 1. The SMILES string of the molecule is CC1OCCC1N(C)C(=O)[C@H]1CCCNC1. The zero-order valence-electron chi connectivity index (χ0n) is 10.2. The van der Waals surface area contributed by atoms with Crippen LogP contribution in [-0.4, -0.2) is 49.7 Å². The van der Waals surface area contributed by atoms with Crippen LogP contribution in [0, 0.1) is 5.92 Å². The van der Waals surface area contributed by atoms with E-state index in [0.717, 1.165) is 39.0 Å². The van der Waals surface area contributed by atoms with Crippen molar-refractivity contribution in [3.05, 3.63) is 0 Å². The predicted octanol–water partition coefficient (Wildman–Crippen LogP) is 0.622. The average molecular weight is 226 g/mol. The van der Waals surface area contributed by atoms with Crippen molar-refractivity contribution in [1.29, 1.82) is 0 Å². The number of ether oxygens (including phenoxy) is 1. The predicted molar refractivity (Wildman–Crippen MR) is 62.2 cm³/mol. The highest BCUT2D eigenvalue weighted by molar-refractivity contribution is 5.79. The van der Waals surface area contributed by atoms with Gasteiger partial charge in [0.15, 0.2) is 0 Å². The molecule has 0 radical (unpaired) electrons. The second-order valence-corrected chi connectivity index (χ2v) is 4.92. The first-order valence-electron chi connectivity index (χ1n) is 6.29. The number of amides is 1. The minimum absolute atomic E-state index is 0.173. The summed E-state index contributed by atoms with van der Waals surface area (Å²) in [6.45, 7) is 4.73. The molecule has 0 aromatic rings. The summed E-state index contributed by atoms with van der Waals surface area (Å²) < 4.78 is 5.51. The summed E-state index contributed by atoms with van der Waals surface area (Å²) in [5.74, 6) is 0.459. The van der Waals surface area contributed by atoms with Gasteiger partial charge >= 0.3 is 0 Å². The molecule has 16 heavy (non-hydrogen) atoms. The van der Waals surface area contributed by atoms with Gasteiger partial charge in [0.1, 0.15) is 0 Å². The molecule has 4 heteroatoms. The van der Waals surface area contributed by atoms with E-state index >= 15 is 0 Å². The monoisotopic (exact) mass is 226 g/mol. The maximum atomic E-state index is 12.3. The summed E-state index contributed by atoms with van der Waals surface area (Å²) in [6, 6.07) is 0.273. The van der Waals surface area contributed by atoms with Crippen LogP contribution in [-0.2, 0) is 9.53 Å². The van der Waals surface area contributed by atoms with Crippen LogP contribution in [0.3, 0.4) is 0 Å². The van der Waals surface area contributed by atoms with Gasteiger partial charge in [0.05, 0.1) is 18.1 Å². The van der Waals surface area contributed by atoms with Crippen molar-refractivity contribution in [3.8, 4) is 0 Å². The topological polar surface area (TPSA) is 41.6 Å². The molecule has 1 amide bonds. The maximum absolute atomic E-state index is 12.3. The summed E-state index contributed by atoms with van der Waals surface area (Å²) >= 11 is 0. The van der Waals surface area contributed by atoms with E-state index in [1.54, 1.807) is 0 Å². The highest BCUT2D eigenvalue weighted by Gasteiger charge is 2.33. The molecule has 0 aromatic heterocycles. The fourth-order valence-electron chi connectivity index (χ4n) is 2.74. The fourth-order valence-corrected chi connectivity index (χ4v) is 2.74. The molecule has 4 nitrogen and oxygen atoms in total. The first-order chi connectivity index (χ1) is 7.70. The van der Waals surface area contributed by atoms with Crippen molar-refractivity contribution in [3.63, 3.8) is 0 Å². The second-order valence-electron chi connectivity index (χ2n) is 4.92. The third kappa shape index (κ3) is 2.38. The fraction of sp³-hybridized carbons (Fsp3) is 0.917. The Bertz CT molecular complexity index is 251. The normalized spacial score (nSPS) is 35.0. The first-order valence-corrected chi connectivity index (χ1v) is 6.29. The van der Waals surface area contributed by atoms with Crippen LogP contribution in [0.15, 0.2) is 0 Å². The van der Waals surface area contributed by atoms with Gasteiger partial charge in [0, 0.05) is 20.2 Å². The summed E-state index contributed by atoms with van der Waals surface area (Å²) in [5.41, 5.74) is 0. The van der Waals surface area contributed by atoms with Gasteiger partial charge in [-0.1, -0.05) is 0 Å². The van der Waals surface area contributed by atoms with Gasteiger partial charge in [-0.05, 0) is 32.7 Å². The zero-order chi connectivity index (χ0) is 11.5. The van der Waals surface area contributed by atoms with Crippen molar-refractivity contribution >= 4 is 5.91 Å². The van der Waals surface area contributed by atoms with E-state index in [9.17, 15) is 4.79 Å². The average Bonchev–Trinajstić information content (AvgIpc) is 2.75. The Kier molecular flexibility index (Phi) is 3.82. The smallest absolute Gasteiger partial charge is 0.227 e. The Morgan fingerprint density at radius 1 is 1.44 bits per heavy atom. The van der Waals surface area contributed by atoms with E-state index in [-0.39, 0.29) is 24.0 Å². The summed E-state index contributed by atoms with van der Waals surface area (Å²) in [6.07, 6.45) is 3.30. The quantitative estimate of drug-likeness (QED) is 0.750. The zero-order valence-corrected chi connectivity index (χ0v) is 10.2. The van der Waals surface area contributed by atoms with E-state index in [2.05, 4.69) is 12.2 Å². The van der Waals surface area contributed by atoms with Crippen LogP contribution in [0.1, 0.15) is 26.2 Å². The van der Waals surface area contributed by atoms with Crippen molar-refractivity contribution in [1.82, 2.24) is 10.2 Å². The van der Waals surface area contributed by atoms with E-state index < -0.39 is 0 Å². The summed E-state index contributed by atoms with van der Waals surface area (Å²) in [7, 11) is 1.92. The van der Waals surface area contributed by atoms with Gasteiger partial charge < -0.3 is 15.0 Å². The molecule has 92 valence electrons. The second kappa shape index (κ2) is 5.15. The molecule has 2 rings (SSSR count). The number of nitrogens with one attached hydrogen (secondary N) is 1. The number of nitrogens with zero attached hydrogens (tertiary/aromatic N) is 1. The van der Waals surface area contributed by atoms with Crippen molar-refractivity contribution < 1.29 is 9.53 Å². The first kappa shape index (κ1) is 11.9. The molecular weight excluding hydrogens is 204 g/mol. The molecule has 2 aliphatic rings. The van der Waals surface area contributed by atoms with E-state index in [0.29, 0.717) is 0 Å². The molecule has 2 aliphatic heterocycles. The van der Waals surface area contributed by atoms with E-state index in [4.69, 9.17) is 4.74 Å². The molecule has 0 aliphatic carbocycles. The summed E-state index contributed by atoms with van der Waals surface area (Å²) in [4.78, 5) is 14.2. The third-order valence-electron chi connectivity index (χ3n) is 3.83. The van der Waals surface area contributed by atoms with Gasteiger partial charge in [-0.3, -0.25) is 4.79 Å². The molecule has 2 fully saturated rings. The van der Waals surface area contributed by atoms with Crippen LogP contribution in [0.25, 0.3) is 0 Å². The van der Waals surface area contributed by atoms with Crippen LogP contribution in [0.4, 0.5) is 0 Å². The lowest BCUT2D eigenvalue weighted by atomic mass is 9.97. The van der Waals surface area contributed by atoms with Gasteiger partial charge in [-0.2, -0.15) is 0 Å². The Balaban J connectivity index is 1.92. The third-order valence-corrected chi connectivity index (χ3v) is 3.83. The van der Waals surface area contributed by atoms with Gasteiger partial charge in [-0.15, -0.1) is 0 Å². The lowest BCUT2D eigenvalue weighted by molar-refractivity contribution is -0.137. The van der Waals surface area contributed by atoms with Crippen LogP contribution in [0.2, 0.25) is 0 Å². The molecule has 2 heterocycles. The molecule has 2 unspecified atom stereocenters. The van der Waals surface area contributed by atoms with E-state index in [1.807, 2.05) is 11.9 Å².